The van der Waals surface area contributed by atoms with E-state index in [1.54, 1.807) is 0 Å². The number of ether oxygens (including phenoxy) is 1. The van der Waals surface area contributed by atoms with E-state index < -0.39 is 16.0 Å². The Morgan fingerprint density at radius 2 is 2.21 bits per heavy atom. The molecule has 1 N–H and O–H groups in total. The van der Waals surface area contributed by atoms with Crippen LogP contribution in [0.3, 0.4) is 0 Å². The fourth-order valence-corrected chi connectivity index (χ4v) is 4.40. The second-order valence-corrected chi connectivity index (χ2v) is 7.93. The molecule has 9 heteroatoms. The molecule has 1 heterocycles. The van der Waals surface area contributed by atoms with E-state index in [-0.39, 0.29) is 21.5 Å². The number of nitriles is 1. The normalized spacial score (nSPS) is 14.0. The summed E-state index contributed by atoms with van der Waals surface area (Å²) in [5, 5.41) is 9.00. The van der Waals surface area contributed by atoms with Crippen molar-refractivity contribution < 1.29 is 17.9 Å². The molecule has 0 radical (unpaired) electrons. The van der Waals surface area contributed by atoms with Gasteiger partial charge in [0.05, 0.1) is 29.3 Å². The zero-order valence-corrected chi connectivity index (χ0v) is 14.3. The highest BCUT2D eigenvalue weighted by atomic mass is 32.2. The molecule has 1 fully saturated rings. The lowest BCUT2D eigenvalue weighted by molar-refractivity contribution is 0.0604. The number of hydrogen-bond donors (Lipinski definition) is 1. The monoisotopic (exact) mass is 363 g/mol. The molecule has 0 saturated heterocycles. The first-order chi connectivity index (χ1) is 11.4. The first-order valence-corrected chi connectivity index (χ1v) is 9.36. The molecule has 1 aliphatic rings. The average Bonchev–Trinajstić information content (AvgIpc) is 3.35. The fourth-order valence-electron chi connectivity index (χ4n) is 2.15. The van der Waals surface area contributed by atoms with Crippen molar-refractivity contribution in [3.8, 4) is 6.07 Å². The van der Waals surface area contributed by atoms with E-state index >= 15 is 0 Å². The minimum atomic E-state index is -3.89. The number of nitrogens with zero attached hydrogens (tertiary/aromatic N) is 2. The number of aromatic nitrogens is 1. The molecule has 0 unspecified atom stereocenters. The third kappa shape index (κ3) is 3.25. The lowest BCUT2D eigenvalue weighted by Crippen LogP contribution is -2.12. The molecule has 24 heavy (non-hydrogen) atoms. The third-order valence-corrected chi connectivity index (χ3v) is 5.92. The Kier molecular flexibility index (Phi) is 4.26. The van der Waals surface area contributed by atoms with Gasteiger partial charge in [-0.1, -0.05) is 17.4 Å². The van der Waals surface area contributed by atoms with Crippen LogP contribution in [0.1, 0.15) is 39.7 Å². The molecule has 124 valence electrons. The Balaban J connectivity index is 1.92. The van der Waals surface area contributed by atoms with Gasteiger partial charge in [-0.3, -0.25) is 4.72 Å². The Bertz CT molecular complexity index is 940. The summed E-state index contributed by atoms with van der Waals surface area (Å²) in [7, 11) is -2.62. The van der Waals surface area contributed by atoms with Gasteiger partial charge in [0.15, 0.2) is 5.13 Å². The summed E-state index contributed by atoms with van der Waals surface area (Å²) >= 11 is 0.951. The van der Waals surface area contributed by atoms with Crippen molar-refractivity contribution in [2.45, 2.75) is 23.7 Å². The van der Waals surface area contributed by atoms with Crippen molar-refractivity contribution in [1.82, 2.24) is 4.98 Å². The van der Waals surface area contributed by atoms with Crippen LogP contribution in [0.2, 0.25) is 0 Å². The number of carbonyl (C=O) groups excluding carboxylic acids is 1. The van der Waals surface area contributed by atoms with Gasteiger partial charge in [-0.15, -0.1) is 0 Å². The molecule has 1 saturated carbocycles. The van der Waals surface area contributed by atoms with Gasteiger partial charge >= 0.3 is 5.97 Å². The zero-order chi connectivity index (χ0) is 17.3. The highest BCUT2D eigenvalue weighted by Crippen LogP contribution is 2.44. The zero-order valence-electron chi connectivity index (χ0n) is 12.6. The van der Waals surface area contributed by atoms with E-state index in [1.807, 2.05) is 6.07 Å². The quantitative estimate of drug-likeness (QED) is 0.817. The van der Waals surface area contributed by atoms with Crippen molar-refractivity contribution in [2.24, 2.45) is 0 Å². The highest BCUT2D eigenvalue weighted by molar-refractivity contribution is 7.93. The van der Waals surface area contributed by atoms with Gasteiger partial charge in [-0.05, 0) is 31.0 Å². The number of benzene rings is 1. The van der Waals surface area contributed by atoms with Crippen molar-refractivity contribution in [1.29, 1.82) is 5.26 Å². The Hall–Kier alpha value is -2.44. The van der Waals surface area contributed by atoms with E-state index in [9.17, 15) is 13.2 Å². The van der Waals surface area contributed by atoms with Gasteiger partial charge in [-0.2, -0.15) is 5.26 Å². The molecule has 7 nitrogen and oxygen atoms in total. The van der Waals surface area contributed by atoms with Crippen LogP contribution in [0.5, 0.6) is 0 Å². The van der Waals surface area contributed by atoms with Crippen LogP contribution < -0.4 is 4.72 Å². The second kappa shape index (κ2) is 6.22. The summed E-state index contributed by atoms with van der Waals surface area (Å²) in [5.41, 5.74) is 0.821. The topological polar surface area (TPSA) is 109 Å². The van der Waals surface area contributed by atoms with Crippen LogP contribution in [0.25, 0.3) is 0 Å². The molecule has 0 aliphatic heterocycles. The van der Waals surface area contributed by atoms with Crippen molar-refractivity contribution in [3.05, 3.63) is 40.4 Å². The Morgan fingerprint density at radius 1 is 1.46 bits per heavy atom. The summed E-state index contributed by atoms with van der Waals surface area (Å²) < 4.78 is 32.0. The summed E-state index contributed by atoms with van der Waals surface area (Å²) in [6.07, 6.45) is 1.84. The maximum absolute atomic E-state index is 12.4. The third-order valence-electron chi connectivity index (χ3n) is 3.48. The van der Waals surface area contributed by atoms with Crippen LogP contribution in [0, 0.1) is 11.3 Å². The van der Waals surface area contributed by atoms with Gasteiger partial charge in [0.1, 0.15) is 4.88 Å². The van der Waals surface area contributed by atoms with Crippen LogP contribution in [0.15, 0.2) is 29.2 Å². The van der Waals surface area contributed by atoms with Gasteiger partial charge in [0, 0.05) is 5.92 Å². The first-order valence-electron chi connectivity index (χ1n) is 7.06. The van der Waals surface area contributed by atoms with Gasteiger partial charge < -0.3 is 4.74 Å². The van der Waals surface area contributed by atoms with Crippen LogP contribution in [-0.2, 0) is 14.8 Å². The van der Waals surface area contributed by atoms with Gasteiger partial charge in [0.2, 0.25) is 0 Å². The number of hydrogen-bond acceptors (Lipinski definition) is 7. The highest BCUT2D eigenvalue weighted by Gasteiger charge is 2.33. The van der Waals surface area contributed by atoms with E-state index in [0.29, 0.717) is 10.6 Å². The maximum Gasteiger partial charge on any atom is 0.350 e. The van der Waals surface area contributed by atoms with Crippen LogP contribution in [0.4, 0.5) is 5.13 Å². The molecule has 0 spiro atoms. The van der Waals surface area contributed by atoms with Crippen molar-refractivity contribution >= 4 is 32.5 Å². The number of rotatable bonds is 5. The molecule has 1 aliphatic carbocycles. The van der Waals surface area contributed by atoms with Gasteiger partial charge in [-0.25, -0.2) is 18.2 Å². The second-order valence-electron chi connectivity index (χ2n) is 5.24. The number of carbonyl (C=O) groups is 1. The lowest BCUT2D eigenvalue weighted by Gasteiger charge is -2.05. The molecule has 1 aromatic heterocycles. The molecule has 0 bridgehead atoms. The predicted molar refractivity (Wildman–Crippen MR) is 87.4 cm³/mol. The molecule has 1 aromatic carbocycles. The molecular formula is C15H13N3O4S2. The fraction of sp³-hybridized carbons (Fsp3) is 0.267. The van der Waals surface area contributed by atoms with E-state index in [2.05, 4.69) is 9.71 Å². The summed E-state index contributed by atoms with van der Waals surface area (Å²) in [5.74, 6) is -0.346. The Morgan fingerprint density at radius 3 is 2.83 bits per heavy atom. The maximum atomic E-state index is 12.4. The smallest absolute Gasteiger partial charge is 0.350 e. The lowest BCUT2D eigenvalue weighted by atomic mass is 10.2. The molecule has 3 rings (SSSR count). The van der Waals surface area contributed by atoms with E-state index in [4.69, 9.17) is 10.00 Å². The Labute approximate surface area is 143 Å². The minimum absolute atomic E-state index is 0.0376. The average molecular weight is 363 g/mol. The number of methoxy groups -OCH3 is 1. The predicted octanol–water partition coefficient (Wildman–Crippen LogP) is 2.48. The molecule has 2 aromatic rings. The number of esters is 1. The molecule has 0 atom stereocenters. The SMILES string of the molecule is COC(=O)c1sc(NS(=O)(=O)c2cccc(C#N)c2)nc1C1CC1. The number of thiazole rings is 1. The molecular weight excluding hydrogens is 350 g/mol. The largest absolute Gasteiger partial charge is 0.465 e. The minimum Gasteiger partial charge on any atom is -0.465 e. The number of nitrogens with one attached hydrogen (secondary N) is 1. The molecule has 0 amide bonds. The summed E-state index contributed by atoms with van der Waals surface area (Å²) in [6, 6.07) is 7.57. The van der Waals surface area contributed by atoms with Crippen LogP contribution in [-0.4, -0.2) is 26.5 Å². The van der Waals surface area contributed by atoms with E-state index in [0.717, 1.165) is 24.2 Å². The standard InChI is InChI=1S/C15H13N3O4S2/c1-22-14(19)13-12(10-5-6-10)17-15(23-13)18-24(20,21)11-4-2-3-9(7-11)8-16/h2-4,7,10H,5-6H2,1H3,(H,17,18). The van der Waals surface area contributed by atoms with Crippen LogP contribution >= 0.6 is 11.3 Å². The van der Waals surface area contributed by atoms with Crippen molar-refractivity contribution in [3.63, 3.8) is 0 Å². The first kappa shape index (κ1) is 16.4. The summed E-state index contributed by atoms with van der Waals surface area (Å²) in [4.78, 5) is 16.4. The van der Waals surface area contributed by atoms with Gasteiger partial charge in [0.25, 0.3) is 10.0 Å². The summed E-state index contributed by atoms with van der Waals surface area (Å²) in [6.45, 7) is 0. The van der Waals surface area contributed by atoms with Crippen molar-refractivity contribution in [2.75, 3.05) is 11.8 Å². The number of sulfonamides is 1. The van der Waals surface area contributed by atoms with E-state index in [1.165, 1.54) is 31.4 Å². The number of anilines is 1.